The van der Waals surface area contributed by atoms with Gasteiger partial charge in [0.1, 0.15) is 0 Å². The van der Waals surface area contributed by atoms with Crippen molar-refractivity contribution >= 4 is 11.6 Å². The molecule has 1 N–H and O–H groups in total. The second-order valence-electron chi connectivity index (χ2n) is 3.51. The van der Waals surface area contributed by atoms with E-state index < -0.39 is 11.7 Å². The van der Waals surface area contributed by atoms with Crippen LogP contribution in [-0.4, -0.2) is 12.5 Å². The van der Waals surface area contributed by atoms with Crippen LogP contribution in [0.5, 0.6) is 5.75 Å². The van der Waals surface area contributed by atoms with Crippen LogP contribution in [0.2, 0.25) is 0 Å². The minimum absolute atomic E-state index is 0.161. The molecule has 1 aromatic heterocycles. The number of halogens is 1. The molecule has 0 unspecified atom stereocenters. The summed E-state index contributed by atoms with van der Waals surface area (Å²) in [6, 6.07) is 7.37. The van der Waals surface area contributed by atoms with Gasteiger partial charge in [0.25, 0.3) is 5.91 Å². The summed E-state index contributed by atoms with van der Waals surface area (Å²) in [5, 5.41) is 2.53. The summed E-state index contributed by atoms with van der Waals surface area (Å²) in [7, 11) is 0. The lowest BCUT2D eigenvalue weighted by Crippen LogP contribution is -2.11. The number of amides is 1. The maximum atomic E-state index is 13.5. The van der Waals surface area contributed by atoms with Gasteiger partial charge in [-0.25, -0.2) is 4.39 Å². The third kappa shape index (κ3) is 2.68. The van der Waals surface area contributed by atoms with Gasteiger partial charge < -0.3 is 14.5 Å². The third-order valence-electron chi connectivity index (χ3n) is 2.23. The molecule has 0 saturated carbocycles. The van der Waals surface area contributed by atoms with Crippen molar-refractivity contribution in [2.45, 2.75) is 6.92 Å². The zero-order valence-corrected chi connectivity index (χ0v) is 9.77. The monoisotopic (exact) mass is 249 g/mol. The van der Waals surface area contributed by atoms with Gasteiger partial charge in [-0.15, -0.1) is 0 Å². The molecule has 5 heteroatoms. The van der Waals surface area contributed by atoms with Crippen LogP contribution < -0.4 is 10.1 Å². The molecule has 0 atom stereocenters. The van der Waals surface area contributed by atoms with E-state index in [1.807, 2.05) is 0 Å². The quantitative estimate of drug-likeness (QED) is 0.905. The van der Waals surface area contributed by atoms with E-state index in [9.17, 15) is 9.18 Å². The molecule has 0 radical (unpaired) electrons. The average molecular weight is 249 g/mol. The molecule has 0 spiro atoms. The summed E-state index contributed by atoms with van der Waals surface area (Å²) >= 11 is 0. The van der Waals surface area contributed by atoms with Crippen molar-refractivity contribution in [3.8, 4) is 5.75 Å². The van der Waals surface area contributed by atoms with Gasteiger partial charge in [-0.2, -0.15) is 0 Å². The van der Waals surface area contributed by atoms with E-state index in [0.717, 1.165) is 0 Å². The van der Waals surface area contributed by atoms with Gasteiger partial charge in [-0.1, -0.05) is 0 Å². The minimum atomic E-state index is -0.519. The number of anilines is 1. The smallest absolute Gasteiger partial charge is 0.291 e. The highest BCUT2D eigenvalue weighted by Crippen LogP contribution is 2.21. The van der Waals surface area contributed by atoms with Crippen molar-refractivity contribution < 1.29 is 18.3 Å². The highest BCUT2D eigenvalue weighted by molar-refractivity contribution is 6.02. The number of benzene rings is 1. The van der Waals surface area contributed by atoms with E-state index in [2.05, 4.69) is 5.32 Å². The molecule has 2 aromatic rings. The number of nitrogens with one attached hydrogen (secondary N) is 1. The molecule has 1 heterocycles. The second kappa shape index (κ2) is 5.35. The Bertz CT molecular complexity index is 537. The predicted molar refractivity (Wildman–Crippen MR) is 64.2 cm³/mol. The Kier molecular flexibility index (Phi) is 3.62. The molecule has 0 aliphatic rings. The molecule has 0 bridgehead atoms. The number of furan rings is 1. The SMILES string of the molecule is CCOc1ccc(NC(=O)c2ccco2)cc1F. The van der Waals surface area contributed by atoms with Crippen molar-refractivity contribution in [3.63, 3.8) is 0 Å². The van der Waals surface area contributed by atoms with Gasteiger partial charge >= 0.3 is 0 Å². The van der Waals surface area contributed by atoms with Crippen LogP contribution in [0.1, 0.15) is 17.5 Å². The Morgan fingerprint density at radius 3 is 2.89 bits per heavy atom. The largest absolute Gasteiger partial charge is 0.491 e. The summed E-state index contributed by atoms with van der Waals surface area (Å²) in [6.07, 6.45) is 1.40. The third-order valence-corrected chi connectivity index (χ3v) is 2.23. The molecule has 0 aliphatic heterocycles. The summed E-state index contributed by atoms with van der Waals surface area (Å²) in [4.78, 5) is 11.6. The lowest BCUT2D eigenvalue weighted by molar-refractivity contribution is 0.0996. The van der Waals surface area contributed by atoms with Crippen molar-refractivity contribution in [1.82, 2.24) is 0 Å². The van der Waals surface area contributed by atoms with Crippen molar-refractivity contribution in [1.29, 1.82) is 0 Å². The Morgan fingerprint density at radius 1 is 1.44 bits per heavy atom. The first kappa shape index (κ1) is 12.2. The van der Waals surface area contributed by atoms with Crippen LogP contribution in [0.3, 0.4) is 0 Å². The number of hydrogen-bond acceptors (Lipinski definition) is 3. The van der Waals surface area contributed by atoms with E-state index in [1.54, 1.807) is 19.1 Å². The zero-order chi connectivity index (χ0) is 13.0. The maximum absolute atomic E-state index is 13.5. The number of rotatable bonds is 4. The van der Waals surface area contributed by atoms with Crippen molar-refractivity contribution in [2.75, 3.05) is 11.9 Å². The summed E-state index contributed by atoms with van der Waals surface area (Å²) in [5.41, 5.74) is 0.345. The molecule has 1 aromatic carbocycles. The Balaban J connectivity index is 2.11. The fourth-order valence-electron chi connectivity index (χ4n) is 1.45. The first-order valence-electron chi connectivity index (χ1n) is 5.48. The van der Waals surface area contributed by atoms with E-state index in [0.29, 0.717) is 12.3 Å². The van der Waals surface area contributed by atoms with Gasteiger partial charge in [0.15, 0.2) is 17.3 Å². The number of carbonyl (C=O) groups excluding carboxylic acids is 1. The highest BCUT2D eigenvalue weighted by atomic mass is 19.1. The summed E-state index contributed by atoms with van der Waals surface area (Å²) in [5.74, 6) is -0.615. The average Bonchev–Trinajstić information content (AvgIpc) is 2.86. The lowest BCUT2D eigenvalue weighted by Gasteiger charge is -2.07. The van der Waals surface area contributed by atoms with Gasteiger partial charge in [-0.05, 0) is 31.2 Å². The molecule has 2 rings (SSSR count). The summed E-state index contributed by atoms with van der Waals surface area (Å²) in [6.45, 7) is 2.15. The number of carbonyl (C=O) groups is 1. The molecule has 1 amide bonds. The van der Waals surface area contributed by atoms with Crippen molar-refractivity contribution in [2.24, 2.45) is 0 Å². The van der Waals surface area contributed by atoms with Crippen LogP contribution in [0, 0.1) is 5.82 Å². The lowest BCUT2D eigenvalue weighted by atomic mass is 10.2. The van der Waals surface area contributed by atoms with E-state index in [1.165, 1.54) is 24.5 Å². The van der Waals surface area contributed by atoms with Gasteiger partial charge in [0.2, 0.25) is 0 Å². The van der Waals surface area contributed by atoms with E-state index in [4.69, 9.17) is 9.15 Å². The molecule has 4 nitrogen and oxygen atoms in total. The number of ether oxygens (including phenoxy) is 1. The van der Waals surface area contributed by atoms with Gasteiger partial charge in [0, 0.05) is 11.8 Å². The fourth-order valence-corrected chi connectivity index (χ4v) is 1.45. The molecular weight excluding hydrogens is 237 g/mol. The molecule has 94 valence electrons. The Morgan fingerprint density at radius 2 is 2.28 bits per heavy atom. The standard InChI is InChI=1S/C13H12FNO3/c1-2-17-11-6-5-9(8-10(11)14)15-13(16)12-4-3-7-18-12/h3-8H,2H2,1H3,(H,15,16). The highest BCUT2D eigenvalue weighted by Gasteiger charge is 2.10. The predicted octanol–water partition coefficient (Wildman–Crippen LogP) is 3.07. The second-order valence-corrected chi connectivity index (χ2v) is 3.51. The van der Waals surface area contributed by atoms with Crippen LogP contribution in [-0.2, 0) is 0 Å². The minimum Gasteiger partial charge on any atom is -0.491 e. The van der Waals surface area contributed by atoms with Gasteiger partial charge in [0.05, 0.1) is 12.9 Å². The molecule has 0 saturated heterocycles. The van der Waals surface area contributed by atoms with Crippen LogP contribution in [0.15, 0.2) is 41.0 Å². The first-order valence-corrected chi connectivity index (χ1v) is 5.48. The topological polar surface area (TPSA) is 51.5 Å². The van der Waals surface area contributed by atoms with E-state index >= 15 is 0 Å². The first-order chi connectivity index (χ1) is 8.70. The Labute approximate surface area is 103 Å². The fraction of sp³-hybridized carbons (Fsp3) is 0.154. The molecule has 0 aliphatic carbocycles. The molecular formula is C13H12FNO3. The zero-order valence-electron chi connectivity index (χ0n) is 9.77. The van der Waals surface area contributed by atoms with Gasteiger partial charge in [-0.3, -0.25) is 4.79 Å². The van der Waals surface area contributed by atoms with Crippen LogP contribution >= 0.6 is 0 Å². The molecule has 0 fully saturated rings. The Hall–Kier alpha value is -2.30. The van der Waals surface area contributed by atoms with Crippen molar-refractivity contribution in [3.05, 3.63) is 48.2 Å². The maximum Gasteiger partial charge on any atom is 0.291 e. The molecule has 18 heavy (non-hydrogen) atoms. The van der Waals surface area contributed by atoms with Crippen LogP contribution in [0.25, 0.3) is 0 Å². The number of hydrogen-bond donors (Lipinski definition) is 1. The normalized spacial score (nSPS) is 10.1. The van der Waals surface area contributed by atoms with E-state index in [-0.39, 0.29) is 11.5 Å². The van der Waals surface area contributed by atoms with Crippen LogP contribution in [0.4, 0.5) is 10.1 Å². The summed E-state index contributed by atoms with van der Waals surface area (Å²) < 4.78 is 23.5.